The molecule has 0 fully saturated rings. The molecule has 1 heterocycles. The van der Waals surface area contributed by atoms with Crippen LogP contribution in [-0.4, -0.2) is 18.0 Å². The van der Waals surface area contributed by atoms with E-state index in [1.165, 1.54) is 0 Å². The van der Waals surface area contributed by atoms with Crippen molar-refractivity contribution in [2.75, 3.05) is 7.11 Å². The number of rotatable bonds is 4. The second-order valence-corrected chi connectivity index (χ2v) is 5.16. The van der Waals surface area contributed by atoms with E-state index in [9.17, 15) is 4.79 Å². The van der Waals surface area contributed by atoms with Crippen LogP contribution in [0.5, 0.6) is 5.75 Å². The van der Waals surface area contributed by atoms with Gasteiger partial charge in [0.25, 0.3) is 5.91 Å². The fourth-order valence-corrected chi connectivity index (χ4v) is 2.25. The number of aromatic nitrogens is 1. The standard InChI is InChI=1S/C15H15BrN2O2/c1-10(11-5-3-6-12(9-11)20-2)18-15(19)14-13(16)7-4-8-17-14/h3-10H,1-2H3,(H,18,19). The Labute approximate surface area is 126 Å². The number of carbonyl (C=O) groups excluding carboxylic acids is 1. The van der Waals surface area contributed by atoms with Gasteiger partial charge in [-0.2, -0.15) is 0 Å². The largest absolute Gasteiger partial charge is 0.497 e. The van der Waals surface area contributed by atoms with Gasteiger partial charge < -0.3 is 10.1 Å². The van der Waals surface area contributed by atoms with Crippen LogP contribution in [0.4, 0.5) is 0 Å². The van der Waals surface area contributed by atoms with Crippen molar-refractivity contribution in [3.8, 4) is 5.75 Å². The summed E-state index contributed by atoms with van der Waals surface area (Å²) in [4.78, 5) is 16.2. The van der Waals surface area contributed by atoms with Gasteiger partial charge in [0.2, 0.25) is 0 Å². The minimum Gasteiger partial charge on any atom is -0.497 e. The van der Waals surface area contributed by atoms with Crippen molar-refractivity contribution in [1.29, 1.82) is 0 Å². The summed E-state index contributed by atoms with van der Waals surface area (Å²) in [6.45, 7) is 1.92. The van der Waals surface area contributed by atoms with Gasteiger partial charge in [0.15, 0.2) is 0 Å². The molecule has 1 amide bonds. The molecule has 0 aliphatic heterocycles. The Hall–Kier alpha value is -1.88. The van der Waals surface area contributed by atoms with Crippen LogP contribution < -0.4 is 10.1 Å². The highest BCUT2D eigenvalue weighted by Crippen LogP contribution is 2.20. The van der Waals surface area contributed by atoms with Gasteiger partial charge in [0.05, 0.1) is 13.2 Å². The zero-order valence-corrected chi connectivity index (χ0v) is 12.8. The van der Waals surface area contributed by atoms with Crippen LogP contribution >= 0.6 is 15.9 Å². The lowest BCUT2D eigenvalue weighted by Gasteiger charge is -2.15. The molecule has 0 saturated carbocycles. The van der Waals surface area contributed by atoms with E-state index in [0.29, 0.717) is 10.2 Å². The quantitative estimate of drug-likeness (QED) is 0.932. The fraction of sp³-hybridized carbons (Fsp3) is 0.200. The third-order valence-corrected chi connectivity index (χ3v) is 3.55. The van der Waals surface area contributed by atoms with Crippen LogP contribution in [0.2, 0.25) is 0 Å². The number of benzene rings is 1. The molecule has 5 heteroatoms. The first-order valence-corrected chi connectivity index (χ1v) is 6.96. The van der Waals surface area contributed by atoms with E-state index >= 15 is 0 Å². The van der Waals surface area contributed by atoms with Gasteiger partial charge in [0.1, 0.15) is 11.4 Å². The first-order valence-electron chi connectivity index (χ1n) is 6.17. The summed E-state index contributed by atoms with van der Waals surface area (Å²) in [6, 6.07) is 11.0. The number of halogens is 1. The van der Waals surface area contributed by atoms with E-state index in [1.807, 2.05) is 31.2 Å². The van der Waals surface area contributed by atoms with Crippen molar-refractivity contribution < 1.29 is 9.53 Å². The lowest BCUT2D eigenvalue weighted by atomic mass is 10.1. The minimum absolute atomic E-state index is 0.133. The number of nitrogens with zero attached hydrogens (tertiary/aromatic N) is 1. The second-order valence-electron chi connectivity index (χ2n) is 4.31. The number of ether oxygens (including phenoxy) is 1. The lowest BCUT2D eigenvalue weighted by Crippen LogP contribution is -2.27. The first kappa shape index (κ1) is 14.5. The molecule has 0 bridgehead atoms. The van der Waals surface area contributed by atoms with Gasteiger partial charge in [-0.25, -0.2) is 4.98 Å². The van der Waals surface area contributed by atoms with E-state index in [0.717, 1.165) is 11.3 Å². The van der Waals surface area contributed by atoms with Crippen LogP contribution in [0.15, 0.2) is 47.1 Å². The highest BCUT2D eigenvalue weighted by atomic mass is 79.9. The van der Waals surface area contributed by atoms with Crippen molar-refractivity contribution in [2.24, 2.45) is 0 Å². The van der Waals surface area contributed by atoms with Gasteiger partial charge in [-0.1, -0.05) is 12.1 Å². The molecule has 0 spiro atoms. The molecule has 0 aliphatic carbocycles. The van der Waals surface area contributed by atoms with Crippen molar-refractivity contribution >= 4 is 21.8 Å². The Morgan fingerprint density at radius 2 is 2.15 bits per heavy atom. The van der Waals surface area contributed by atoms with Crippen molar-refractivity contribution in [3.05, 3.63) is 58.3 Å². The predicted octanol–water partition coefficient (Wildman–Crippen LogP) is 3.34. The molecular weight excluding hydrogens is 320 g/mol. The molecule has 1 aromatic heterocycles. The summed E-state index contributed by atoms with van der Waals surface area (Å²) in [5.74, 6) is 0.551. The number of nitrogens with one attached hydrogen (secondary N) is 1. The number of hydrogen-bond acceptors (Lipinski definition) is 3. The first-order chi connectivity index (χ1) is 9.61. The lowest BCUT2D eigenvalue weighted by molar-refractivity contribution is 0.0934. The van der Waals surface area contributed by atoms with Gasteiger partial charge in [-0.05, 0) is 52.7 Å². The molecule has 1 atom stereocenters. The highest BCUT2D eigenvalue weighted by Gasteiger charge is 2.15. The number of methoxy groups -OCH3 is 1. The maximum Gasteiger partial charge on any atom is 0.271 e. The molecule has 104 valence electrons. The van der Waals surface area contributed by atoms with Crippen LogP contribution in [0.25, 0.3) is 0 Å². The fourth-order valence-electron chi connectivity index (χ4n) is 1.81. The highest BCUT2D eigenvalue weighted by molar-refractivity contribution is 9.10. The molecule has 1 unspecified atom stereocenters. The average molecular weight is 335 g/mol. The maximum absolute atomic E-state index is 12.2. The third kappa shape index (κ3) is 3.36. The molecule has 4 nitrogen and oxygen atoms in total. The van der Waals surface area contributed by atoms with Crippen LogP contribution in [0.1, 0.15) is 29.0 Å². The number of pyridine rings is 1. The Kier molecular flexibility index (Phi) is 4.74. The summed E-state index contributed by atoms with van der Waals surface area (Å²) in [7, 11) is 1.62. The van der Waals surface area contributed by atoms with E-state index in [1.54, 1.807) is 25.4 Å². The minimum atomic E-state index is -0.215. The SMILES string of the molecule is COc1cccc(C(C)NC(=O)c2ncccc2Br)c1. The summed E-state index contributed by atoms with van der Waals surface area (Å²) in [6.07, 6.45) is 1.59. The molecule has 1 aromatic carbocycles. The van der Waals surface area contributed by atoms with E-state index < -0.39 is 0 Å². The smallest absolute Gasteiger partial charge is 0.271 e. The molecule has 1 N–H and O–H groups in total. The van der Waals surface area contributed by atoms with Gasteiger partial charge >= 0.3 is 0 Å². The van der Waals surface area contributed by atoms with Crippen LogP contribution in [-0.2, 0) is 0 Å². The van der Waals surface area contributed by atoms with Gasteiger partial charge in [0, 0.05) is 10.7 Å². The zero-order valence-electron chi connectivity index (χ0n) is 11.3. The number of carbonyl (C=O) groups is 1. The molecule has 0 saturated heterocycles. The van der Waals surface area contributed by atoms with E-state index in [4.69, 9.17) is 4.74 Å². The van der Waals surface area contributed by atoms with Crippen molar-refractivity contribution in [2.45, 2.75) is 13.0 Å². The molecule has 2 aromatic rings. The third-order valence-electron chi connectivity index (χ3n) is 2.91. The Morgan fingerprint density at radius 1 is 1.35 bits per heavy atom. The summed E-state index contributed by atoms with van der Waals surface area (Å²) in [5.41, 5.74) is 1.35. The van der Waals surface area contributed by atoms with Gasteiger partial charge in [-0.3, -0.25) is 4.79 Å². The monoisotopic (exact) mass is 334 g/mol. The number of amides is 1. The summed E-state index contributed by atoms with van der Waals surface area (Å²) < 4.78 is 5.86. The predicted molar refractivity (Wildman–Crippen MR) is 80.8 cm³/mol. The van der Waals surface area contributed by atoms with E-state index in [2.05, 4.69) is 26.2 Å². The second kappa shape index (κ2) is 6.52. The maximum atomic E-state index is 12.2. The zero-order chi connectivity index (χ0) is 14.5. The van der Waals surface area contributed by atoms with Crippen molar-refractivity contribution in [3.63, 3.8) is 0 Å². The van der Waals surface area contributed by atoms with Crippen LogP contribution in [0, 0.1) is 0 Å². The summed E-state index contributed by atoms with van der Waals surface area (Å²) >= 11 is 3.32. The Morgan fingerprint density at radius 3 is 2.85 bits per heavy atom. The molecular formula is C15H15BrN2O2. The Bertz CT molecular complexity index is 616. The van der Waals surface area contributed by atoms with Crippen molar-refractivity contribution in [1.82, 2.24) is 10.3 Å². The topological polar surface area (TPSA) is 51.2 Å². The van der Waals surface area contributed by atoms with Crippen LogP contribution in [0.3, 0.4) is 0 Å². The number of hydrogen-bond donors (Lipinski definition) is 1. The van der Waals surface area contributed by atoms with E-state index in [-0.39, 0.29) is 11.9 Å². The molecule has 2 rings (SSSR count). The molecule has 20 heavy (non-hydrogen) atoms. The Balaban J connectivity index is 2.13. The average Bonchev–Trinajstić information content (AvgIpc) is 2.47. The summed E-state index contributed by atoms with van der Waals surface area (Å²) in [5, 5.41) is 2.92. The molecule has 0 aliphatic rings. The van der Waals surface area contributed by atoms with Gasteiger partial charge in [-0.15, -0.1) is 0 Å². The molecule has 0 radical (unpaired) electrons. The normalized spacial score (nSPS) is 11.8.